The number of hydrogen-bond donors (Lipinski definition) is 3. The van der Waals surface area contributed by atoms with Gasteiger partial charge in [-0.2, -0.15) is 0 Å². The van der Waals surface area contributed by atoms with Gasteiger partial charge in [0.15, 0.2) is 5.96 Å². The molecule has 1 aromatic heterocycles. The minimum Gasteiger partial charge on any atom is -0.469 e. The third kappa shape index (κ3) is 5.91. The molecule has 0 radical (unpaired) electrons. The first kappa shape index (κ1) is 19.0. The second-order valence-electron chi connectivity index (χ2n) is 5.31. The average molecular weight is 364 g/mol. The summed E-state index contributed by atoms with van der Waals surface area (Å²) in [5.41, 5.74) is 0.819. The highest BCUT2D eigenvalue weighted by Crippen LogP contribution is 2.11. The van der Waals surface area contributed by atoms with Crippen molar-refractivity contribution in [3.05, 3.63) is 54.0 Å². The minimum atomic E-state index is -3.45. The van der Waals surface area contributed by atoms with E-state index in [0.717, 1.165) is 24.3 Å². The summed E-state index contributed by atoms with van der Waals surface area (Å²) >= 11 is 0. The molecule has 0 saturated heterocycles. The van der Waals surface area contributed by atoms with Gasteiger partial charge in [0.05, 0.1) is 17.7 Å². The summed E-state index contributed by atoms with van der Waals surface area (Å²) in [6, 6.07) is 10.5. The van der Waals surface area contributed by atoms with E-state index < -0.39 is 10.0 Å². The number of sulfonamides is 1. The Morgan fingerprint density at radius 1 is 1.20 bits per heavy atom. The van der Waals surface area contributed by atoms with Crippen LogP contribution in [0.5, 0.6) is 0 Å². The first-order chi connectivity index (χ1) is 12.0. The Bertz CT molecular complexity index is 786. The Morgan fingerprint density at radius 2 is 2.04 bits per heavy atom. The molecule has 0 amide bonds. The number of furan rings is 1. The summed E-state index contributed by atoms with van der Waals surface area (Å²) in [5, 5.41) is 6.40. The van der Waals surface area contributed by atoms with Crippen molar-refractivity contribution in [1.82, 2.24) is 15.4 Å². The molecule has 1 heterocycles. The van der Waals surface area contributed by atoms with Crippen LogP contribution in [0, 0.1) is 0 Å². The summed E-state index contributed by atoms with van der Waals surface area (Å²) < 4.78 is 31.3. The predicted molar refractivity (Wildman–Crippen MR) is 97.9 cm³/mol. The Balaban J connectivity index is 1.99. The van der Waals surface area contributed by atoms with E-state index in [1.54, 1.807) is 24.5 Å². The summed E-state index contributed by atoms with van der Waals surface area (Å²) in [7, 11) is -2.05. The average Bonchev–Trinajstić information content (AvgIpc) is 3.13. The fraction of sp³-hybridized carbons (Fsp3) is 0.353. The van der Waals surface area contributed by atoms with Crippen molar-refractivity contribution in [3.8, 4) is 0 Å². The van der Waals surface area contributed by atoms with Gasteiger partial charge in [-0.15, -0.1) is 0 Å². The Morgan fingerprint density at radius 3 is 2.72 bits per heavy atom. The number of rotatable bonds is 8. The van der Waals surface area contributed by atoms with Crippen LogP contribution in [-0.4, -0.2) is 34.5 Å². The van der Waals surface area contributed by atoms with E-state index >= 15 is 0 Å². The number of hydrogen-bond acceptors (Lipinski definition) is 4. The second kappa shape index (κ2) is 9.24. The van der Waals surface area contributed by atoms with Gasteiger partial charge < -0.3 is 15.1 Å². The molecule has 136 valence electrons. The van der Waals surface area contributed by atoms with Gasteiger partial charge in [-0.05, 0) is 43.8 Å². The topological polar surface area (TPSA) is 95.7 Å². The van der Waals surface area contributed by atoms with Crippen molar-refractivity contribution >= 4 is 16.0 Å². The van der Waals surface area contributed by atoms with Crippen LogP contribution in [-0.2, 0) is 23.0 Å². The molecule has 0 saturated carbocycles. The molecule has 0 aliphatic carbocycles. The molecule has 0 aliphatic rings. The molecular formula is C17H24N4O3S. The van der Waals surface area contributed by atoms with Crippen LogP contribution in [0.4, 0.5) is 0 Å². The number of guanidine groups is 1. The zero-order chi connectivity index (χ0) is 18.1. The van der Waals surface area contributed by atoms with E-state index in [1.165, 1.54) is 7.05 Å². The smallest absolute Gasteiger partial charge is 0.240 e. The maximum atomic E-state index is 11.9. The molecule has 1 aromatic carbocycles. The van der Waals surface area contributed by atoms with Gasteiger partial charge in [-0.1, -0.05) is 12.1 Å². The van der Waals surface area contributed by atoms with Crippen LogP contribution < -0.4 is 15.4 Å². The lowest BCUT2D eigenvalue weighted by Crippen LogP contribution is -2.38. The summed E-state index contributed by atoms with van der Waals surface area (Å²) in [4.78, 5) is 4.73. The molecule has 7 nitrogen and oxygen atoms in total. The number of nitrogens with one attached hydrogen (secondary N) is 3. The molecule has 0 fully saturated rings. The van der Waals surface area contributed by atoms with E-state index in [4.69, 9.17) is 4.42 Å². The quantitative estimate of drug-likeness (QED) is 0.487. The Hall–Kier alpha value is -2.32. The predicted octanol–water partition coefficient (Wildman–Crippen LogP) is 1.49. The minimum absolute atomic E-state index is 0.235. The SMILES string of the molecule is CCNC(=NCc1cccc(S(=O)(=O)NC)c1)NCCc1ccco1. The van der Waals surface area contributed by atoms with Crippen molar-refractivity contribution in [3.63, 3.8) is 0 Å². The second-order valence-corrected chi connectivity index (χ2v) is 7.19. The Kier molecular flexibility index (Phi) is 7.03. The summed E-state index contributed by atoms with van der Waals surface area (Å²) in [5.74, 6) is 1.59. The van der Waals surface area contributed by atoms with Crippen LogP contribution in [0.2, 0.25) is 0 Å². The lowest BCUT2D eigenvalue weighted by molar-refractivity contribution is 0.507. The van der Waals surface area contributed by atoms with Gasteiger partial charge in [-0.25, -0.2) is 18.1 Å². The monoisotopic (exact) mass is 364 g/mol. The van der Waals surface area contributed by atoms with Crippen molar-refractivity contribution in [2.24, 2.45) is 4.99 Å². The normalized spacial score (nSPS) is 12.2. The highest BCUT2D eigenvalue weighted by Gasteiger charge is 2.11. The Labute approximate surface area is 148 Å². The fourth-order valence-corrected chi connectivity index (χ4v) is 3.00. The van der Waals surface area contributed by atoms with Gasteiger partial charge >= 0.3 is 0 Å². The van der Waals surface area contributed by atoms with Crippen molar-refractivity contribution in [2.45, 2.75) is 24.8 Å². The standard InChI is InChI=1S/C17H24N4O3S/c1-3-19-17(20-10-9-15-7-5-11-24-15)21-13-14-6-4-8-16(12-14)25(22,23)18-2/h4-8,11-12,18H,3,9-10,13H2,1-2H3,(H2,19,20,21). The molecule has 25 heavy (non-hydrogen) atoms. The van der Waals surface area contributed by atoms with Crippen molar-refractivity contribution in [2.75, 3.05) is 20.1 Å². The molecule has 3 N–H and O–H groups in total. The van der Waals surface area contributed by atoms with Gasteiger partial charge in [0.25, 0.3) is 0 Å². The first-order valence-corrected chi connectivity index (χ1v) is 9.60. The molecule has 8 heteroatoms. The van der Waals surface area contributed by atoms with Crippen molar-refractivity contribution in [1.29, 1.82) is 0 Å². The molecule has 0 spiro atoms. The van der Waals surface area contributed by atoms with Gasteiger partial charge in [0.2, 0.25) is 10.0 Å². The van der Waals surface area contributed by atoms with E-state index in [9.17, 15) is 8.42 Å². The van der Waals surface area contributed by atoms with Crippen molar-refractivity contribution < 1.29 is 12.8 Å². The molecule has 2 aromatic rings. The number of benzene rings is 1. The van der Waals surface area contributed by atoms with E-state index in [-0.39, 0.29) is 4.90 Å². The zero-order valence-corrected chi connectivity index (χ0v) is 15.3. The molecule has 0 unspecified atom stereocenters. The summed E-state index contributed by atoms with van der Waals surface area (Å²) in [6.07, 6.45) is 2.41. The van der Waals surface area contributed by atoms with Crippen LogP contribution in [0.25, 0.3) is 0 Å². The van der Waals surface area contributed by atoms with Gasteiger partial charge in [0, 0.05) is 19.5 Å². The molecule has 0 atom stereocenters. The third-order valence-corrected chi connectivity index (χ3v) is 4.90. The van der Waals surface area contributed by atoms with E-state index in [0.29, 0.717) is 19.0 Å². The first-order valence-electron chi connectivity index (χ1n) is 8.12. The fourth-order valence-electron chi connectivity index (χ4n) is 2.20. The van der Waals surface area contributed by atoms with Crippen LogP contribution in [0.1, 0.15) is 18.2 Å². The highest BCUT2D eigenvalue weighted by molar-refractivity contribution is 7.89. The molecule has 2 rings (SSSR count). The van der Waals surface area contributed by atoms with E-state index in [2.05, 4.69) is 20.3 Å². The number of nitrogens with zero attached hydrogens (tertiary/aromatic N) is 1. The summed E-state index contributed by atoms with van der Waals surface area (Å²) in [6.45, 7) is 3.79. The van der Waals surface area contributed by atoms with E-state index in [1.807, 2.05) is 25.1 Å². The maximum Gasteiger partial charge on any atom is 0.240 e. The highest BCUT2D eigenvalue weighted by atomic mass is 32.2. The molecule has 0 bridgehead atoms. The largest absolute Gasteiger partial charge is 0.469 e. The van der Waals surface area contributed by atoms with Gasteiger partial charge in [0.1, 0.15) is 5.76 Å². The van der Waals surface area contributed by atoms with Crippen LogP contribution >= 0.6 is 0 Å². The lowest BCUT2D eigenvalue weighted by Gasteiger charge is -2.11. The zero-order valence-electron chi connectivity index (χ0n) is 14.5. The number of aliphatic imine (C=N–C) groups is 1. The molecular weight excluding hydrogens is 340 g/mol. The molecule has 0 aliphatic heterocycles. The van der Waals surface area contributed by atoms with Crippen LogP contribution in [0.15, 0.2) is 57.0 Å². The lowest BCUT2D eigenvalue weighted by atomic mass is 10.2. The van der Waals surface area contributed by atoms with Gasteiger partial charge in [-0.3, -0.25) is 0 Å². The third-order valence-electron chi connectivity index (χ3n) is 3.49. The maximum absolute atomic E-state index is 11.9. The van der Waals surface area contributed by atoms with Crippen LogP contribution in [0.3, 0.4) is 0 Å².